The number of benzene rings is 2. The van der Waals surface area contributed by atoms with Gasteiger partial charge in [-0.15, -0.1) is 0 Å². The van der Waals surface area contributed by atoms with Gasteiger partial charge in [-0.05, 0) is 36.1 Å². The van der Waals surface area contributed by atoms with Gasteiger partial charge in [0.15, 0.2) is 6.10 Å². The standard InChI is InChI=1S/C27H28N2O2/c1-3-10-19(11-4-1)18-29-22-15-8-7-14-21(22)25-24(26(29)20-12-5-2-6-13-20)27(31-28-25)23-16-9-17-30-23/h1-6,9-13,16-17,21-22,26-28H,7-8,14-15,18H2. The number of hydrogen-bond donors (Lipinski definition) is 1. The van der Waals surface area contributed by atoms with Crippen LogP contribution in [0.2, 0.25) is 0 Å². The fourth-order valence-corrected chi connectivity index (χ4v) is 5.84. The molecule has 31 heavy (non-hydrogen) atoms. The Morgan fingerprint density at radius 1 is 0.871 bits per heavy atom. The number of fused-ring (bicyclic) bond motifs is 2. The molecule has 3 heterocycles. The van der Waals surface area contributed by atoms with E-state index in [1.54, 1.807) is 6.26 Å². The first-order valence-electron chi connectivity index (χ1n) is 11.4. The Bertz CT molecular complexity index is 1050. The lowest BCUT2D eigenvalue weighted by Gasteiger charge is -2.49. The molecule has 2 aliphatic heterocycles. The maximum Gasteiger partial charge on any atom is 0.168 e. The van der Waals surface area contributed by atoms with Crippen LogP contribution in [-0.4, -0.2) is 10.9 Å². The Morgan fingerprint density at radius 3 is 2.42 bits per heavy atom. The number of nitrogens with zero attached hydrogens (tertiary/aromatic N) is 1. The summed E-state index contributed by atoms with van der Waals surface area (Å²) in [6.45, 7) is 0.934. The van der Waals surface area contributed by atoms with E-state index in [1.165, 1.54) is 48.1 Å². The fourth-order valence-electron chi connectivity index (χ4n) is 5.84. The van der Waals surface area contributed by atoms with Crippen LogP contribution in [0, 0.1) is 5.92 Å². The zero-order valence-corrected chi connectivity index (χ0v) is 17.6. The first-order valence-corrected chi connectivity index (χ1v) is 11.4. The quantitative estimate of drug-likeness (QED) is 0.577. The molecule has 4 atom stereocenters. The molecule has 0 bridgehead atoms. The minimum Gasteiger partial charge on any atom is -0.466 e. The molecule has 3 aromatic rings. The summed E-state index contributed by atoms with van der Waals surface area (Å²) in [5.41, 5.74) is 8.67. The fraction of sp³-hybridized carbons (Fsp3) is 0.333. The van der Waals surface area contributed by atoms with Crippen LogP contribution in [0.15, 0.2) is 94.7 Å². The lowest BCUT2D eigenvalue weighted by molar-refractivity contribution is 0.0216. The lowest BCUT2D eigenvalue weighted by atomic mass is 9.73. The first-order chi connectivity index (χ1) is 15.4. The number of rotatable bonds is 4. The largest absolute Gasteiger partial charge is 0.466 e. The predicted octanol–water partition coefficient (Wildman–Crippen LogP) is 5.93. The second kappa shape index (κ2) is 8.03. The third-order valence-electron chi connectivity index (χ3n) is 7.16. The monoisotopic (exact) mass is 412 g/mol. The minimum absolute atomic E-state index is 0.154. The van der Waals surface area contributed by atoms with E-state index in [2.05, 4.69) is 71.0 Å². The number of nitrogens with one attached hydrogen (secondary N) is 1. The Kier molecular flexibility index (Phi) is 4.90. The van der Waals surface area contributed by atoms with Crippen molar-refractivity contribution >= 4 is 0 Å². The molecule has 6 rings (SSSR count). The summed E-state index contributed by atoms with van der Waals surface area (Å²) in [5.74, 6) is 1.35. The van der Waals surface area contributed by atoms with Gasteiger partial charge in [-0.25, -0.2) is 0 Å². The Balaban J connectivity index is 1.51. The maximum absolute atomic E-state index is 6.20. The van der Waals surface area contributed by atoms with Crippen LogP contribution in [0.1, 0.15) is 54.7 Å². The van der Waals surface area contributed by atoms with Crippen LogP contribution in [0.25, 0.3) is 0 Å². The van der Waals surface area contributed by atoms with Gasteiger partial charge in [0.25, 0.3) is 0 Å². The van der Waals surface area contributed by atoms with Crippen molar-refractivity contribution < 1.29 is 9.25 Å². The molecule has 1 N–H and O–H groups in total. The summed E-state index contributed by atoms with van der Waals surface area (Å²) in [5, 5.41) is 0. The summed E-state index contributed by atoms with van der Waals surface area (Å²) < 4.78 is 5.82. The molecule has 0 radical (unpaired) electrons. The van der Waals surface area contributed by atoms with Crippen LogP contribution in [-0.2, 0) is 11.4 Å². The average molecular weight is 413 g/mol. The molecule has 1 saturated carbocycles. The summed E-state index contributed by atoms with van der Waals surface area (Å²) in [6, 6.07) is 26.4. The number of furan rings is 1. The van der Waals surface area contributed by atoms with Crippen molar-refractivity contribution in [3.8, 4) is 0 Å². The smallest absolute Gasteiger partial charge is 0.168 e. The molecule has 3 aliphatic rings. The van der Waals surface area contributed by atoms with Gasteiger partial charge in [0, 0.05) is 29.8 Å². The maximum atomic E-state index is 6.20. The normalized spacial score (nSPS) is 28.1. The van der Waals surface area contributed by atoms with Gasteiger partial charge in [-0.3, -0.25) is 15.2 Å². The highest BCUT2D eigenvalue weighted by Gasteiger charge is 2.49. The molecule has 0 spiro atoms. The summed E-state index contributed by atoms with van der Waals surface area (Å²) in [6.07, 6.45) is 6.54. The van der Waals surface area contributed by atoms with Crippen LogP contribution in [0.4, 0.5) is 0 Å². The van der Waals surface area contributed by atoms with E-state index in [4.69, 9.17) is 9.25 Å². The average Bonchev–Trinajstić information content (AvgIpc) is 3.51. The Hall–Kier alpha value is -2.82. The van der Waals surface area contributed by atoms with E-state index in [0.717, 1.165) is 12.3 Å². The second-order valence-electron chi connectivity index (χ2n) is 8.91. The Morgan fingerprint density at radius 2 is 1.65 bits per heavy atom. The minimum atomic E-state index is -0.198. The van der Waals surface area contributed by atoms with Crippen molar-refractivity contribution in [1.82, 2.24) is 10.4 Å². The van der Waals surface area contributed by atoms with Crippen molar-refractivity contribution in [2.75, 3.05) is 0 Å². The Labute approximate surface area is 183 Å². The first kappa shape index (κ1) is 18.9. The van der Waals surface area contributed by atoms with Gasteiger partial charge in [0.05, 0.1) is 12.3 Å². The predicted molar refractivity (Wildman–Crippen MR) is 120 cm³/mol. The number of hydroxylamine groups is 1. The summed E-state index contributed by atoms with van der Waals surface area (Å²) >= 11 is 0. The van der Waals surface area contributed by atoms with Crippen LogP contribution >= 0.6 is 0 Å². The van der Waals surface area contributed by atoms with Crippen molar-refractivity contribution in [1.29, 1.82) is 0 Å². The molecule has 0 amide bonds. The SMILES string of the molecule is c1ccc(CN2C(c3ccccc3)C3=C(NOC3c3ccco3)C3CCCCC32)cc1. The zero-order chi connectivity index (χ0) is 20.6. The molecule has 4 unspecified atom stereocenters. The van der Waals surface area contributed by atoms with Crippen molar-refractivity contribution in [2.45, 2.75) is 50.4 Å². The zero-order valence-electron chi connectivity index (χ0n) is 17.6. The van der Waals surface area contributed by atoms with Crippen LogP contribution < -0.4 is 5.48 Å². The molecule has 2 aromatic carbocycles. The van der Waals surface area contributed by atoms with E-state index in [-0.39, 0.29) is 12.1 Å². The molecule has 4 heteroatoms. The highest BCUT2D eigenvalue weighted by Crippen LogP contribution is 2.53. The van der Waals surface area contributed by atoms with Gasteiger partial charge in [0.2, 0.25) is 0 Å². The molecule has 4 nitrogen and oxygen atoms in total. The van der Waals surface area contributed by atoms with E-state index < -0.39 is 0 Å². The van der Waals surface area contributed by atoms with E-state index in [0.29, 0.717) is 12.0 Å². The molecule has 1 aliphatic carbocycles. The van der Waals surface area contributed by atoms with Gasteiger partial charge >= 0.3 is 0 Å². The molecule has 158 valence electrons. The van der Waals surface area contributed by atoms with Crippen LogP contribution in [0.3, 0.4) is 0 Å². The van der Waals surface area contributed by atoms with Crippen molar-refractivity contribution in [2.24, 2.45) is 5.92 Å². The van der Waals surface area contributed by atoms with Gasteiger partial charge in [-0.1, -0.05) is 73.5 Å². The van der Waals surface area contributed by atoms with Crippen molar-refractivity contribution in [3.05, 3.63) is 107 Å². The van der Waals surface area contributed by atoms with E-state index in [1.807, 2.05) is 12.1 Å². The molecule has 1 aromatic heterocycles. The van der Waals surface area contributed by atoms with Gasteiger partial charge in [-0.2, -0.15) is 0 Å². The molecule has 1 fully saturated rings. The molecular formula is C27H28N2O2. The second-order valence-corrected chi connectivity index (χ2v) is 8.91. The number of hydrogen-bond acceptors (Lipinski definition) is 4. The highest BCUT2D eigenvalue weighted by molar-refractivity contribution is 5.41. The van der Waals surface area contributed by atoms with Crippen molar-refractivity contribution in [3.63, 3.8) is 0 Å². The lowest BCUT2D eigenvalue weighted by Crippen LogP contribution is -2.50. The highest BCUT2D eigenvalue weighted by atomic mass is 16.7. The van der Waals surface area contributed by atoms with Crippen LogP contribution in [0.5, 0.6) is 0 Å². The molecular weight excluding hydrogens is 384 g/mol. The van der Waals surface area contributed by atoms with Gasteiger partial charge < -0.3 is 4.42 Å². The summed E-state index contributed by atoms with van der Waals surface area (Å²) in [4.78, 5) is 8.93. The third-order valence-corrected chi connectivity index (χ3v) is 7.16. The van der Waals surface area contributed by atoms with E-state index in [9.17, 15) is 0 Å². The molecule has 0 saturated heterocycles. The summed E-state index contributed by atoms with van der Waals surface area (Å²) in [7, 11) is 0. The van der Waals surface area contributed by atoms with Gasteiger partial charge in [0.1, 0.15) is 5.76 Å². The van der Waals surface area contributed by atoms with E-state index >= 15 is 0 Å². The topological polar surface area (TPSA) is 37.6 Å². The third kappa shape index (κ3) is 3.31.